The Balaban J connectivity index is 3.17. The highest BCUT2D eigenvalue weighted by Crippen LogP contribution is 2.12. The number of nitrogens with two attached hydrogens (primary N) is 1. The van der Waals surface area contributed by atoms with Crippen LogP contribution in [0.4, 0.5) is 0 Å². The molecule has 13 heavy (non-hydrogen) atoms. The van der Waals surface area contributed by atoms with Crippen molar-refractivity contribution in [3.05, 3.63) is 47.4 Å². The summed E-state index contributed by atoms with van der Waals surface area (Å²) in [6.07, 6.45) is 3.09. The molecule has 3 N–H and O–H groups in total. The highest BCUT2D eigenvalue weighted by atomic mass is 16.5. The molecule has 0 spiro atoms. The summed E-state index contributed by atoms with van der Waals surface area (Å²) in [6, 6.07) is 0. The fourth-order valence-electron chi connectivity index (χ4n) is 0.802. The van der Waals surface area contributed by atoms with Crippen molar-refractivity contribution in [1.82, 2.24) is 10.1 Å². The van der Waals surface area contributed by atoms with Gasteiger partial charge in [0.05, 0.1) is 0 Å². The van der Waals surface area contributed by atoms with Gasteiger partial charge < -0.3 is 5.73 Å². The maximum Gasteiger partial charge on any atom is 0.439 e. The summed E-state index contributed by atoms with van der Waals surface area (Å²) in [5, 5.41) is 3.46. The summed E-state index contributed by atoms with van der Waals surface area (Å²) < 4.78 is 4.31. The van der Waals surface area contributed by atoms with Crippen molar-refractivity contribution in [3.63, 3.8) is 0 Å². The van der Waals surface area contributed by atoms with Crippen LogP contribution in [0.15, 0.2) is 40.3 Å². The van der Waals surface area contributed by atoms with E-state index in [0.717, 1.165) is 0 Å². The van der Waals surface area contributed by atoms with Crippen LogP contribution in [0, 0.1) is 0 Å². The van der Waals surface area contributed by atoms with Crippen molar-refractivity contribution in [2.24, 2.45) is 5.73 Å². The van der Waals surface area contributed by atoms with Crippen LogP contribution in [0.25, 0.3) is 5.57 Å². The SMILES string of the molecule is C=C/C=C(\C(=C)N)c1noc(=O)[nH]1. The molecule has 0 aliphatic carbocycles. The molecule has 5 heteroatoms. The predicted molar refractivity (Wildman–Crippen MR) is 48.6 cm³/mol. The van der Waals surface area contributed by atoms with Crippen LogP contribution < -0.4 is 11.5 Å². The molecule has 0 bridgehead atoms. The van der Waals surface area contributed by atoms with Crippen molar-refractivity contribution < 1.29 is 4.52 Å². The summed E-state index contributed by atoms with van der Waals surface area (Å²) in [4.78, 5) is 13.0. The topological polar surface area (TPSA) is 84.9 Å². The Hall–Kier alpha value is -2.04. The first kappa shape index (κ1) is 9.05. The molecule has 1 rings (SSSR count). The van der Waals surface area contributed by atoms with E-state index in [0.29, 0.717) is 5.57 Å². The number of nitrogens with one attached hydrogen (secondary N) is 1. The second-order valence-corrected chi connectivity index (χ2v) is 2.28. The van der Waals surface area contributed by atoms with E-state index >= 15 is 0 Å². The number of nitrogens with zero attached hydrogens (tertiary/aromatic N) is 1. The third-order valence-electron chi connectivity index (χ3n) is 1.33. The lowest BCUT2D eigenvalue weighted by molar-refractivity contribution is 0.385. The lowest BCUT2D eigenvalue weighted by Crippen LogP contribution is -2.02. The Morgan fingerprint density at radius 3 is 2.77 bits per heavy atom. The number of aromatic amines is 1. The molecule has 5 nitrogen and oxygen atoms in total. The molecule has 0 fully saturated rings. The molecule has 0 unspecified atom stereocenters. The molecule has 0 amide bonds. The van der Waals surface area contributed by atoms with E-state index in [4.69, 9.17) is 5.73 Å². The molecular weight excluding hydrogens is 170 g/mol. The summed E-state index contributed by atoms with van der Waals surface area (Å²) in [5.74, 6) is -0.386. The Kier molecular flexibility index (Phi) is 2.49. The van der Waals surface area contributed by atoms with E-state index in [1.54, 1.807) is 6.08 Å². The molecular formula is C8H9N3O2. The van der Waals surface area contributed by atoms with Crippen molar-refractivity contribution >= 4 is 5.57 Å². The number of aromatic nitrogens is 2. The molecule has 0 saturated heterocycles. The highest BCUT2D eigenvalue weighted by Gasteiger charge is 2.07. The van der Waals surface area contributed by atoms with E-state index in [9.17, 15) is 4.79 Å². The minimum Gasteiger partial charge on any atom is -0.399 e. The Labute approximate surface area is 74.2 Å². The molecule has 0 aliphatic rings. The molecule has 1 aromatic rings. The van der Waals surface area contributed by atoms with Crippen LogP contribution >= 0.6 is 0 Å². The zero-order valence-electron chi connectivity index (χ0n) is 6.91. The Morgan fingerprint density at radius 1 is 1.69 bits per heavy atom. The van der Waals surface area contributed by atoms with Crippen molar-refractivity contribution in [2.75, 3.05) is 0 Å². The van der Waals surface area contributed by atoms with Crippen LogP contribution in [0.2, 0.25) is 0 Å². The quantitative estimate of drug-likeness (QED) is 0.658. The fraction of sp³-hybridized carbons (Fsp3) is 0. The second kappa shape index (κ2) is 3.57. The normalized spacial score (nSPS) is 11.2. The molecule has 1 aromatic heterocycles. The van der Waals surface area contributed by atoms with Crippen molar-refractivity contribution in [2.45, 2.75) is 0 Å². The van der Waals surface area contributed by atoms with Gasteiger partial charge in [-0.1, -0.05) is 24.4 Å². The molecule has 0 saturated carbocycles. The van der Waals surface area contributed by atoms with E-state index in [1.807, 2.05) is 0 Å². The van der Waals surface area contributed by atoms with Crippen LogP contribution in [-0.2, 0) is 0 Å². The number of rotatable bonds is 3. The Morgan fingerprint density at radius 2 is 2.38 bits per heavy atom. The molecule has 0 atom stereocenters. The standard InChI is InChI=1S/C8H9N3O2/c1-3-4-6(5(2)9)7-10-8(12)13-11-7/h3-4H,1-2,9H2,(H,10,11,12)/b6-4+. The van der Waals surface area contributed by atoms with Gasteiger partial charge in [-0.05, 0) is 6.08 Å². The highest BCUT2D eigenvalue weighted by molar-refractivity contribution is 5.74. The molecule has 1 heterocycles. The zero-order valence-corrected chi connectivity index (χ0v) is 6.91. The van der Waals surface area contributed by atoms with Gasteiger partial charge >= 0.3 is 5.76 Å². The van der Waals surface area contributed by atoms with E-state index in [-0.39, 0.29) is 11.5 Å². The first-order valence-corrected chi connectivity index (χ1v) is 3.49. The monoisotopic (exact) mass is 179 g/mol. The minimum absolute atomic E-state index is 0.248. The smallest absolute Gasteiger partial charge is 0.399 e. The maximum atomic E-state index is 10.6. The lowest BCUT2D eigenvalue weighted by atomic mass is 10.2. The van der Waals surface area contributed by atoms with Crippen LogP contribution in [-0.4, -0.2) is 10.1 Å². The first-order valence-electron chi connectivity index (χ1n) is 3.49. The molecule has 0 radical (unpaired) electrons. The van der Waals surface area contributed by atoms with Gasteiger partial charge in [-0.25, -0.2) is 4.79 Å². The van der Waals surface area contributed by atoms with E-state index in [2.05, 4.69) is 27.8 Å². The number of hydrogen-bond acceptors (Lipinski definition) is 4. The van der Waals surface area contributed by atoms with Crippen molar-refractivity contribution in [3.8, 4) is 0 Å². The third-order valence-corrected chi connectivity index (χ3v) is 1.33. The van der Waals surface area contributed by atoms with E-state index in [1.165, 1.54) is 6.08 Å². The predicted octanol–water partition coefficient (Wildman–Crippen LogP) is 0.405. The average molecular weight is 179 g/mol. The number of allylic oxidation sites excluding steroid dienone is 3. The maximum absolute atomic E-state index is 10.6. The molecule has 0 aromatic carbocycles. The van der Waals surface area contributed by atoms with Gasteiger partial charge in [0.25, 0.3) is 0 Å². The van der Waals surface area contributed by atoms with Gasteiger partial charge in [0.15, 0.2) is 5.82 Å². The minimum atomic E-state index is -0.633. The zero-order chi connectivity index (χ0) is 9.84. The molecule has 68 valence electrons. The van der Waals surface area contributed by atoms with Gasteiger partial charge in [-0.2, -0.15) is 0 Å². The van der Waals surface area contributed by atoms with Crippen LogP contribution in [0.1, 0.15) is 5.82 Å². The number of hydrogen-bond donors (Lipinski definition) is 2. The van der Waals surface area contributed by atoms with Gasteiger partial charge in [0.2, 0.25) is 0 Å². The largest absolute Gasteiger partial charge is 0.439 e. The summed E-state index contributed by atoms with van der Waals surface area (Å²) in [5.41, 5.74) is 6.22. The van der Waals surface area contributed by atoms with Gasteiger partial charge in [-0.15, -0.1) is 0 Å². The Bertz CT molecular complexity index is 411. The molecule has 0 aliphatic heterocycles. The van der Waals surface area contributed by atoms with Gasteiger partial charge in [-0.3, -0.25) is 9.51 Å². The van der Waals surface area contributed by atoms with Crippen LogP contribution in [0.5, 0.6) is 0 Å². The summed E-state index contributed by atoms with van der Waals surface area (Å²) >= 11 is 0. The lowest BCUT2D eigenvalue weighted by Gasteiger charge is -1.98. The van der Waals surface area contributed by atoms with E-state index < -0.39 is 5.76 Å². The first-order chi connectivity index (χ1) is 6.15. The van der Waals surface area contributed by atoms with Gasteiger partial charge in [0, 0.05) is 11.3 Å². The summed E-state index contributed by atoms with van der Waals surface area (Å²) in [7, 11) is 0. The fourth-order valence-corrected chi connectivity index (χ4v) is 0.802. The average Bonchev–Trinajstić information content (AvgIpc) is 2.46. The third kappa shape index (κ3) is 1.96. The summed E-state index contributed by atoms with van der Waals surface area (Å²) in [6.45, 7) is 7.01. The second-order valence-electron chi connectivity index (χ2n) is 2.28. The number of H-pyrrole nitrogens is 1. The van der Waals surface area contributed by atoms with Gasteiger partial charge in [0.1, 0.15) is 0 Å². The van der Waals surface area contributed by atoms with Crippen molar-refractivity contribution in [1.29, 1.82) is 0 Å². The van der Waals surface area contributed by atoms with Crippen LogP contribution in [0.3, 0.4) is 0 Å².